The Hall–Kier alpha value is -8.98. The predicted molar refractivity (Wildman–Crippen MR) is 399 cm³/mol. The van der Waals surface area contributed by atoms with Crippen LogP contribution < -0.4 is 31.9 Å². The number of nitrogens with zero attached hydrogens (tertiary/aromatic N) is 4. The van der Waals surface area contributed by atoms with Gasteiger partial charge in [0.25, 0.3) is 0 Å². The third-order valence-electron chi connectivity index (χ3n) is 20.3. The molecule has 2 aliphatic heterocycles. The quantitative estimate of drug-likeness (QED) is 0.0179. The number of rotatable bonds is 39. The highest BCUT2D eigenvalue weighted by Crippen LogP contribution is 2.33. The summed E-state index contributed by atoms with van der Waals surface area (Å²) in [5, 5.41) is 22.2. The maximum atomic E-state index is 14.9. The van der Waals surface area contributed by atoms with Gasteiger partial charge in [0, 0.05) is 84.1 Å². The Morgan fingerprint density at radius 2 is 1.28 bits per heavy atom. The van der Waals surface area contributed by atoms with Crippen LogP contribution in [0.1, 0.15) is 179 Å². The van der Waals surface area contributed by atoms with Crippen LogP contribution in [0.2, 0.25) is 0 Å². The number of Topliss-reactive ketones (excluding diaryl/α,β-unsaturated/α-hetero) is 2. The molecule has 4 aromatic rings. The lowest BCUT2D eigenvalue weighted by Crippen LogP contribution is -2.60. The number of ketones is 2. The van der Waals surface area contributed by atoms with E-state index in [4.69, 9.17) is 19.9 Å². The van der Waals surface area contributed by atoms with Crippen LogP contribution in [-0.2, 0) is 72.1 Å². The highest BCUT2D eigenvalue weighted by molar-refractivity contribution is 5.96. The number of hydrogen-bond donors (Lipinski definition) is 6. The fourth-order valence-corrected chi connectivity index (χ4v) is 14.0. The zero-order valence-corrected chi connectivity index (χ0v) is 63.4. The molecule has 23 heteroatoms. The van der Waals surface area contributed by atoms with Crippen LogP contribution in [0.5, 0.6) is 0 Å². The Balaban J connectivity index is 1.02. The van der Waals surface area contributed by atoms with E-state index in [1.54, 1.807) is 80.8 Å². The number of aliphatic hydroxyl groups excluding tert-OH is 1. The number of primary amides is 1. The fourth-order valence-electron chi connectivity index (χ4n) is 14.0. The summed E-state index contributed by atoms with van der Waals surface area (Å²) in [5.74, 6) is 1.45. The van der Waals surface area contributed by atoms with Gasteiger partial charge in [0.1, 0.15) is 30.5 Å². The molecule has 0 bridgehead atoms. The average molecular weight is 1440 g/mol. The molecule has 12 atom stereocenters. The van der Waals surface area contributed by atoms with Gasteiger partial charge in [-0.3, -0.25) is 43.3 Å². The lowest BCUT2D eigenvalue weighted by atomic mass is 9.85. The Morgan fingerprint density at radius 3 is 1.91 bits per heavy atom. The number of nitrogens with two attached hydrogens (primary N) is 1. The molecule has 6 rings (SSSR count). The molecule has 0 aromatic heterocycles. The van der Waals surface area contributed by atoms with Crippen LogP contribution in [0.15, 0.2) is 103 Å². The summed E-state index contributed by atoms with van der Waals surface area (Å²) in [4.78, 5) is 145. The van der Waals surface area contributed by atoms with E-state index in [0.29, 0.717) is 62.7 Å². The molecular weight excluding hydrogens is 1320 g/mol. The fraction of sp³-hybridized carbons (Fsp3) is 0.556. The van der Waals surface area contributed by atoms with E-state index in [2.05, 4.69) is 33.1 Å². The van der Waals surface area contributed by atoms with Crippen molar-refractivity contribution < 1.29 is 67.3 Å². The molecule has 0 aliphatic carbocycles. The number of likely N-dealkylation sites (N-methyl/N-ethyl adjacent to an activating group) is 2. The SMILES string of the molecule is CC[C@H](C)[C@@H]([C@@H](CC(=O)N1CCC[C@H]1[C@H](OC)[C@@H](C)C(=O)C[C@H](C)[C@@H](O)c1ccccc1)OC)N(C)C(=O)[C@@H](NC(=O)C(C(C)C)N(C)C(=O)OCc1ccc(CC(=O)[C@H](CCCNC(N)=O)NC(=O)[C@@H](NC(=O)CCCCC(=O)N2Cc3ccccc3C#Cc3ccccc32)C(C)C)cc1)C(C)C. The minimum atomic E-state index is -1.08. The summed E-state index contributed by atoms with van der Waals surface area (Å²) in [5.41, 5.74) is 10.5. The molecule has 104 heavy (non-hydrogen) atoms. The van der Waals surface area contributed by atoms with Crippen LogP contribution in [0, 0.1) is 47.3 Å². The number of benzene rings is 4. The van der Waals surface area contributed by atoms with Crippen molar-refractivity contribution in [3.05, 3.63) is 137 Å². The van der Waals surface area contributed by atoms with Gasteiger partial charge in [-0.15, -0.1) is 0 Å². The molecule has 1 fully saturated rings. The normalized spacial score (nSPS) is 16.5. The smallest absolute Gasteiger partial charge is 0.410 e. The third-order valence-corrected chi connectivity index (χ3v) is 20.3. The Labute approximate surface area is 615 Å². The number of amides is 9. The van der Waals surface area contributed by atoms with Gasteiger partial charge in [0.05, 0.1) is 55.1 Å². The number of fused-ring (bicyclic) bond motifs is 2. The summed E-state index contributed by atoms with van der Waals surface area (Å²) >= 11 is 0. The van der Waals surface area contributed by atoms with Gasteiger partial charge in [-0.2, -0.15) is 0 Å². The first kappa shape index (κ1) is 84.0. The molecule has 1 unspecified atom stereocenters. The summed E-state index contributed by atoms with van der Waals surface area (Å²) < 4.78 is 17.9. The topological polar surface area (TPSA) is 306 Å². The summed E-state index contributed by atoms with van der Waals surface area (Å²) in [6.07, 6.45) is 0.368. The number of anilines is 1. The Bertz CT molecular complexity index is 3610. The molecule has 0 radical (unpaired) electrons. The van der Waals surface area contributed by atoms with Crippen molar-refractivity contribution in [2.45, 2.75) is 214 Å². The molecule has 566 valence electrons. The number of urea groups is 1. The van der Waals surface area contributed by atoms with Crippen LogP contribution in [-0.4, -0.2) is 169 Å². The van der Waals surface area contributed by atoms with E-state index >= 15 is 0 Å². The number of likely N-dealkylation sites (tertiary alicyclic amines) is 1. The maximum Gasteiger partial charge on any atom is 0.410 e. The number of aliphatic hydroxyl groups is 1. The summed E-state index contributed by atoms with van der Waals surface area (Å²) in [6.45, 7) is 19.1. The van der Waals surface area contributed by atoms with E-state index in [0.717, 1.165) is 27.9 Å². The number of carbonyl (C=O) groups excluding carboxylic acids is 10. The molecule has 4 aromatic carbocycles. The van der Waals surface area contributed by atoms with Gasteiger partial charge in [-0.25, -0.2) is 9.59 Å². The number of methoxy groups -OCH3 is 2. The number of nitrogens with one attached hydrogen (secondary N) is 4. The maximum absolute atomic E-state index is 14.9. The average Bonchev–Trinajstić information content (AvgIpc) is 1.14. The van der Waals surface area contributed by atoms with E-state index in [1.165, 1.54) is 19.1 Å². The molecule has 2 aliphatic rings. The Morgan fingerprint density at radius 1 is 0.654 bits per heavy atom. The zero-order chi connectivity index (χ0) is 76.5. The van der Waals surface area contributed by atoms with Crippen LogP contribution in [0.4, 0.5) is 15.3 Å². The van der Waals surface area contributed by atoms with Gasteiger partial charge in [-0.05, 0) is 109 Å². The van der Waals surface area contributed by atoms with Gasteiger partial charge in [0.15, 0.2) is 5.78 Å². The van der Waals surface area contributed by atoms with Gasteiger partial charge >= 0.3 is 12.1 Å². The van der Waals surface area contributed by atoms with Crippen LogP contribution >= 0.6 is 0 Å². The Kier molecular flexibility index (Phi) is 33.0. The molecule has 1 saturated heterocycles. The van der Waals surface area contributed by atoms with Crippen molar-refractivity contribution in [2.24, 2.45) is 41.2 Å². The molecule has 9 amide bonds. The minimum absolute atomic E-state index is 0.0555. The van der Waals surface area contributed by atoms with E-state index in [-0.39, 0.29) is 98.7 Å². The first-order chi connectivity index (χ1) is 49.5. The molecular formula is C81H113N9O14. The van der Waals surface area contributed by atoms with Gasteiger partial charge in [0.2, 0.25) is 35.4 Å². The van der Waals surface area contributed by atoms with Crippen molar-refractivity contribution in [3.63, 3.8) is 0 Å². The number of ether oxygens (including phenoxy) is 3. The summed E-state index contributed by atoms with van der Waals surface area (Å²) in [6, 6.07) is 25.4. The molecule has 23 nitrogen and oxygen atoms in total. The van der Waals surface area contributed by atoms with Crippen molar-refractivity contribution >= 4 is 64.8 Å². The molecule has 2 heterocycles. The van der Waals surface area contributed by atoms with Crippen molar-refractivity contribution in [1.82, 2.24) is 36.0 Å². The second-order valence-corrected chi connectivity index (χ2v) is 29.0. The molecule has 7 N–H and O–H groups in total. The predicted octanol–water partition coefficient (Wildman–Crippen LogP) is 9.36. The first-order valence-electron chi connectivity index (χ1n) is 36.8. The van der Waals surface area contributed by atoms with Gasteiger partial charge < -0.3 is 61.0 Å². The van der Waals surface area contributed by atoms with Crippen LogP contribution in [0.25, 0.3) is 0 Å². The van der Waals surface area contributed by atoms with Gasteiger partial charge in [-0.1, -0.05) is 172 Å². The number of para-hydroxylation sites is 1. The van der Waals surface area contributed by atoms with E-state index in [1.807, 2.05) is 120 Å². The second kappa shape index (κ2) is 40.9. The molecule has 0 spiro atoms. The number of carbonyl (C=O) groups is 10. The lowest BCUT2D eigenvalue weighted by Gasteiger charge is -2.41. The first-order valence-corrected chi connectivity index (χ1v) is 36.8. The van der Waals surface area contributed by atoms with E-state index < -0.39 is 102 Å². The largest absolute Gasteiger partial charge is 0.445 e. The zero-order valence-electron chi connectivity index (χ0n) is 63.4. The minimum Gasteiger partial charge on any atom is -0.445 e. The standard InChI is InChI=1S/C81H113N9O14/c1-15-53(8)74(67(102-13)47-70(95)89-44-26-34-64(89)76(103-14)55(10)65(91)45-54(9)75(96)60-29-17-16-18-30-60)87(11)79(99)72(51(4)5)86-78(98)73(52(6)7)88(12)81(101)104-49-57-39-37-56(38-40-57)46-66(92)62(32-25-43-83-80(82)100)84-77(97)71(50(2)3)85-68(93)35-23-24-36-69(94)90-48-61-31-20-19-27-58(61)41-42-59-28-21-22-33-63(59)90/h16-22,27-31,33,37-40,50-55,62,64,67,71-76,96H,15,23-26,32,34-36,43-49H2,1-14H3,(H,84,97)(H,85,93)(H,86,98)(H3,82,83,100)/t53-,54-,55-,62-,64-,67+,71-,72-,73?,74-,75+,76+/m0/s1. The monoisotopic (exact) mass is 1440 g/mol. The van der Waals surface area contributed by atoms with Crippen molar-refractivity contribution in [3.8, 4) is 11.8 Å². The number of unbranched alkanes of at least 4 members (excludes halogenated alkanes) is 1. The highest BCUT2D eigenvalue weighted by atomic mass is 16.6. The third kappa shape index (κ3) is 23.5. The highest BCUT2D eigenvalue weighted by Gasteiger charge is 2.44. The van der Waals surface area contributed by atoms with E-state index in [9.17, 15) is 53.1 Å². The van der Waals surface area contributed by atoms with Crippen molar-refractivity contribution in [1.29, 1.82) is 0 Å². The summed E-state index contributed by atoms with van der Waals surface area (Å²) in [7, 11) is 6.16. The van der Waals surface area contributed by atoms with Crippen LogP contribution in [0.3, 0.4) is 0 Å². The molecule has 0 saturated carbocycles. The number of hydrogen-bond acceptors (Lipinski definition) is 14. The lowest BCUT2D eigenvalue weighted by molar-refractivity contribution is -0.148. The second-order valence-electron chi connectivity index (χ2n) is 29.0. The van der Waals surface area contributed by atoms with Crippen molar-refractivity contribution in [2.75, 3.05) is 46.3 Å².